The molecule has 0 heterocycles. The van der Waals surface area contributed by atoms with Crippen molar-refractivity contribution in [2.75, 3.05) is 26.8 Å². The average molecular weight is 189 g/mol. The quantitative estimate of drug-likeness (QED) is 0.368. The third-order valence-corrected chi connectivity index (χ3v) is 1.56. The fourth-order valence-corrected chi connectivity index (χ4v) is 1.01. The van der Waals surface area contributed by atoms with E-state index >= 15 is 0 Å². The molecule has 2 amide bonds. The summed E-state index contributed by atoms with van der Waals surface area (Å²) in [6.45, 7) is 5.87. The number of hydrogen-bond donors (Lipinski definition) is 2. The van der Waals surface area contributed by atoms with E-state index in [1.165, 1.54) is 0 Å². The third kappa shape index (κ3) is 5.43. The van der Waals surface area contributed by atoms with Crippen LogP contribution in [0.4, 0.5) is 4.79 Å². The fraction of sp³-hybridized carbons (Fsp3) is 0.875. The minimum atomic E-state index is -0.259. The predicted molar refractivity (Wildman–Crippen MR) is 51.0 cm³/mol. The number of carbonyl (C=O) groups is 1. The molecule has 0 saturated heterocycles. The maximum atomic E-state index is 11.2. The Kier molecular flexibility index (Phi) is 6.26. The molecule has 0 aromatic carbocycles. The molecule has 0 rings (SSSR count). The van der Waals surface area contributed by atoms with Gasteiger partial charge >= 0.3 is 6.03 Å². The summed E-state index contributed by atoms with van der Waals surface area (Å²) >= 11 is 0. The van der Waals surface area contributed by atoms with Crippen LogP contribution in [-0.4, -0.2) is 37.7 Å². The Labute approximate surface area is 79.2 Å². The van der Waals surface area contributed by atoms with Gasteiger partial charge < -0.3 is 9.64 Å². The summed E-state index contributed by atoms with van der Waals surface area (Å²) in [5.74, 6) is 5.46. The summed E-state index contributed by atoms with van der Waals surface area (Å²) < 4.78 is 4.89. The second kappa shape index (κ2) is 6.68. The highest BCUT2D eigenvalue weighted by atomic mass is 16.5. The van der Waals surface area contributed by atoms with Crippen LogP contribution in [0.2, 0.25) is 0 Å². The van der Waals surface area contributed by atoms with E-state index in [-0.39, 0.29) is 6.03 Å². The highest BCUT2D eigenvalue weighted by Crippen LogP contribution is 1.98. The number of amides is 2. The van der Waals surface area contributed by atoms with E-state index < -0.39 is 0 Å². The fourth-order valence-electron chi connectivity index (χ4n) is 1.01. The van der Waals surface area contributed by atoms with Crippen molar-refractivity contribution in [3.8, 4) is 0 Å². The number of urea groups is 1. The first kappa shape index (κ1) is 12.2. The van der Waals surface area contributed by atoms with E-state index in [2.05, 4.69) is 5.43 Å². The van der Waals surface area contributed by atoms with Crippen molar-refractivity contribution in [1.82, 2.24) is 10.3 Å². The third-order valence-electron chi connectivity index (χ3n) is 1.56. The van der Waals surface area contributed by atoms with Crippen LogP contribution in [0.5, 0.6) is 0 Å². The maximum Gasteiger partial charge on any atom is 0.331 e. The molecule has 0 unspecified atom stereocenters. The summed E-state index contributed by atoms with van der Waals surface area (Å²) in [6.07, 6.45) is 0. The van der Waals surface area contributed by atoms with Crippen LogP contribution in [0, 0.1) is 5.92 Å². The molecule has 0 aliphatic heterocycles. The first-order valence-corrected chi connectivity index (χ1v) is 4.36. The van der Waals surface area contributed by atoms with Gasteiger partial charge in [-0.2, -0.15) is 0 Å². The lowest BCUT2D eigenvalue weighted by Crippen LogP contribution is -2.46. The predicted octanol–water partition coefficient (Wildman–Crippen LogP) is 0.174. The van der Waals surface area contributed by atoms with E-state index in [1.54, 1.807) is 12.0 Å². The van der Waals surface area contributed by atoms with Crippen molar-refractivity contribution in [2.45, 2.75) is 13.8 Å². The molecule has 0 fully saturated rings. The van der Waals surface area contributed by atoms with E-state index in [0.29, 0.717) is 25.6 Å². The molecule has 3 N–H and O–H groups in total. The number of nitrogens with one attached hydrogen (secondary N) is 1. The molecule has 0 radical (unpaired) electrons. The van der Waals surface area contributed by atoms with Crippen LogP contribution in [0.25, 0.3) is 0 Å². The minimum Gasteiger partial charge on any atom is -0.383 e. The van der Waals surface area contributed by atoms with Crippen molar-refractivity contribution in [2.24, 2.45) is 11.8 Å². The molecule has 0 bridgehead atoms. The maximum absolute atomic E-state index is 11.2. The largest absolute Gasteiger partial charge is 0.383 e. The van der Waals surface area contributed by atoms with Gasteiger partial charge in [0.2, 0.25) is 0 Å². The lowest BCUT2D eigenvalue weighted by atomic mass is 10.2. The zero-order valence-electron chi connectivity index (χ0n) is 8.54. The first-order valence-electron chi connectivity index (χ1n) is 4.36. The van der Waals surface area contributed by atoms with Crippen LogP contribution in [0.1, 0.15) is 13.8 Å². The van der Waals surface area contributed by atoms with Crippen LogP contribution < -0.4 is 11.3 Å². The summed E-state index contributed by atoms with van der Waals surface area (Å²) in [6, 6.07) is -0.259. The smallest absolute Gasteiger partial charge is 0.331 e. The summed E-state index contributed by atoms with van der Waals surface area (Å²) in [4.78, 5) is 12.8. The zero-order chi connectivity index (χ0) is 10.3. The minimum absolute atomic E-state index is 0.259. The second-order valence-electron chi connectivity index (χ2n) is 3.28. The first-order chi connectivity index (χ1) is 6.11. The lowest BCUT2D eigenvalue weighted by Gasteiger charge is -2.23. The molecule has 5 heteroatoms. The Balaban J connectivity index is 3.94. The van der Waals surface area contributed by atoms with Crippen LogP contribution in [-0.2, 0) is 4.74 Å². The van der Waals surface area contributed by atoms with Crippen molar-refractivity contribution in [3.63, 3.8) is 0 Å². The number of nitrogens with two attached hydrogens (primary N) is 1. The van der Waals surface area contributed by atoms with Crippen molar-refractivity contribution in [1.29, 1.82) is 0 Å². The molecule has 0 aliphatic rings. The molecule has 13 heavy (non-hydrogen) atoms. The van der Waals surface area contributed by atoms with Gasteiger partial charge in [-0.1, -0.05) is 13.8 Å². The Morgan fingerprint density at radius 2 is 2.23 bits per heavy atom. The lowest BCUT2D eigenvalue weighted by molar-refractivity contribution is 0.143. The highest BCUT2D eigenvalue weighted by molar-refractivity contribution is 5.73. The van der Waals surface area contributed by atoms with Crippen molar-refractivity contribution in [3.05, 3.63) is 0 Å². The average Bonchev–Trinajstić information content (AvgIpc) is 2.10. The molecule has 0 aromatic heterocycles. The molecular formula is C8H19N3O2. The Bertz CT molecular complexity index is 150. The second-order valence-corrected chi connectivity index (χ2v) is 3.28. The summed E-state index contributed by atoms with van der Waals surface area (Å²) in [5, 5.41) is 0. The standard InChI is InChI=1S/C8H19N3O2/c1-7(2)6-11(4-5-13-3)8(12)10-9/h7H,4-6,9H2,1-3H3,(H,10,12). The molecule has 0 spiro atoms. The monoisotopic (exact) mass is 189 g/mol. The van der Waals surface area contributed by atoms with Crippen LogP contribution in [0.3, 0.4) is 0 Å². The van der Waals surface area contributed by atoms with Gasteiger partial charge in [0.25, 0.3) is 0 Å². The number of rotatable bonds is 5. The Hall–Kier alpha value is -0.810. The number of carbonyl (C=O) groups excluding carboxylic acids is 1. The normalized spacial score (nSPS) is 10.2. The number of ether oxygens (including phenoxy) is 1. The Morgan fingerprint density at radius 3 is 2.62 bits per heavy atom. The molecule has 0 aromatic rings. The summed E-state index contributed by atoms with van der Waals surface area (Å²) in [5.41, 5.74) is 2.11. The molecule has 78 valence electrons. The van der Waals surface area contributed by atoms with Crippen molar-refractivity contribution < 1.29 is 9.53 Å². The van der Waals surface area contributed by atoms with Crippen molar-refractivity contribution >= 4 is 6.03 Å². The van der Waals surface area contributed by atoms with Gasteiger partial charge in [-0.05, 0) is 5.92 Å². The molecular weight excluding hydrogens is 170 g/mol. The van der Waals surface area contributed by atoms with E-state index in [9.17, 15) is 4.79 Å². The van der Waals surface area contributed by atoms with Gasteiger partial charge in [0, 0.05) is 20.2 Å². The van der Waals surface area contributed by atoms with Gasteiger partial charge in [-0.25, -0.2) is 10.6 Å². The van der Waals surface area contributed by atoms with Gasteiger partial charge in [-0.3, -0.25) is 5.43 Å². The zero-order valence-corrected chi connectivity index (χ0v) is 8.54. The van der Waals surface area contributed by atoms with Gasteiger partial charge in [0.15, 0.2) is 0 Å². The number of methoxy groups -OCH3 is 1. The number of hydrazine groups is 1. The topological polar surface area (TPSA) is 67.6 Å². The van der Waals surface area contributed by atoms with Gasteiger partial charge in [0.05, 0.1) is 6.61 Å². The molecule has 0 atom stereocenters. The molecule has 5 nitrogen and oxygen atoms in total. The van der Waals surface area contributed by atoms with Crippen LogP contribution >= 0.6 is 0 Å². The van der Waals surface area contributed by atoms with E-state index in [4.69, 9.17) is 10.6 Å². The van der Waals surface area contributed by atoms with Gasteiger partial charge in [-0.15, -0.1) is 0 Å². The summed E-state index contributed by atoms with van der Waals surface area (Å²) in [7, 11) is 1.61. The van der Waals surface area contributed by atoms with E-state index in [1.807, 2.05) is 13.8 Å². The van der Waals surface area contributed by atoms with Crippen LogP contribution in [0.15, 0.2) is 0 Å². The number of hydrogen-bond acceptors (Lipinski definition) is 3. The molecule has 0 saturated carbocycles. The SMILES string of the molecule is COCCN(CC(C)C)C(=O)NN. The Morgan fingerprint density at radius 1 is 1.62 bits per heavy atom. The van der Waals surface area contributed by atoms with Gasteiger partial charge in [0.1, 0.15) is 0 Å². The highest BCUT2D eigenvalue weighted by Gasteiger charge is 2.12. The molecule has 0 aliphatic carbocycles. The number of nitrogens with zero attached hydrogens (tertiary/aromatic N) is 1. The van der Waals surface area contributed by atoms with E-state index in [0.717, 1.165) is 0 Å².